The first-order valence-corrected chi connectivity index (χ1v) is 27.9. The van der Waals surface area contributed by atoms with E-state index in [4.69, 9.17) is 11.5 Å². The maximum absolute atomic E-state index is 13.5. The Labute approximate surface area is 443 Å². The summed E-state index contributed by atoms with van der Waals surface area (Å²) in [7, 11) is 0. The van der Waals surface area contributed by atoms with Crippen LogP contribution in [0.3, 0.4) is 0 Å². The van der Waals surface area contributed by atoms with Crippen LogP contribution >= 0.6 is 0 Å². The molecule has 10 aromatic carbocycles. The van der Waals surface area contributed by atoms with Crippen LogP contribution < -0.4 is 21.7 Å². The van der Waals surface area contributed by atoms with E-state index in [2.05, 4.69) is 114 Å². The molecule has 0 unspecified atom stereocenters. The average Bonchev–Trinajstić information content (AvgIpc) is 3.65. The van der Waals surface area contributed by atoms with Crippen molar-refractivity contribution in [3.63, 3.8) is 0 Å². The van der Waals surface area contributed by atoms with Gasteiger partial charge in [-0.1, -0.05) is 119 Å². The van der Waals surface area contributed by atoms with Crippen molar-refractivity contribution in [3.05, 3.63) is 131 Å². The van der Waals surface area contributed by atoms with Crippen LogP contribution in [0.25, 0.3) is 86.2 Å². The van der Waals surface area contributed by atoms with Crippen LogP contribution in [0.2, 0.25) is 0 Å². The van der Waals surface area contributed by atoms with Gasteiger partial charge in [0.1, 0.15) is 0 Å². The number of nitrogens with zero attached hydrogens (tertiary/aromatic N) is 4. The fraction of sp³-hybridized carbons (Fsp3) is 0.323. The highest BCUT2D eigenvalue weighted by molar-refractivity contribution is 6.40. The molecule has 10 aromatic rings. The number of carbonyl (C=O) groups excluding carboxylic acids is 4. The zero-order valence-corrected chi connectivity index (χ0v) is 43.9. The highest BCUT2D eigenvalue weighted by Gasteiger charge is 2.36. The Morgan fingerprint density at radius 3 is 1.32 bits per heavy atom. The van der Waals surface area contributed by atoms with Crippen LogP contribution in [0.5, 0.6) is 0 Å². The van der Waals surface area contributed by atoms with Gasteiger partial charge in [0.05, 0.1) is 0 Å². The van der Waals surface area contributed by atoms with Crippen LogP contribution in [0, 0.1) is 0 Å². The summed E-state index contributed by atoms with van der Waals surface area (Å²) in [6, 6.07) is 37.9. The standard InChI is InChI=1S/C33H34N4O2.C32H33N3O2/c1-2-3-4-15-37-32(38)26-10-8-23-21-6-5-7-25-28(36-19-17-35(16-14-34)18-20-36)13-12-22(29(21)25)24-9-11-27(33(37)39)31(26)30(23)24;1-2-3-7-19-35-31(36)25-13-11-22-20-9-8-10-24-27(34-18-6-4-5-17-33)16-15-21(28(20)24)23-12-14-26(32(35)37)30(25)29(22)23/h5-13H,2-4,14-20,34H2,1H3;8-16,34H,2-7,17-19,33H2,1H3. The zero-order chi connectivity index (χ0) is 52.2. The molecule has 0 spiro atoms. The van der Waals surface area contributed by atoms with Crippen molar-refractivity contribution in [3.8, 4) is 0 Å². The monoisotopic (exact) mass is 1010 g/mol. The molecular weight excluding hydrogens is 943 g/mol. The molecule has 3 aliphatic rings. The quantitative estimate of drug-likeness (QED) is 0.0351. The number of amides is 4. The van der Waals surface area contributed by atoms with Crippen molar-refractivity contribution in [2.45, 2.75) is 71.6 Å². The number of nitrogens with two attached hydrogens (primary N) is 2. The van der Waals surface area contributed by atoms with Gasteiger partial charge in [-0.2, -0.15) is 0 Å². The van der Waals surface area contributed by atoms with Gasteiger partial charge in [0, 0.05) is 114 Å². The van der Waals surface area contributed by atoms with E-state index in [1.54, 1.807) is 0 Å². The number of fused-ring (bicyclic) bond motifs is 4. The highest BCUT2D eigenvalue weighted by atomic mass is 16.2. The first-order chi connectivity index (χ1) is 37.3. The van der Waals surface area contributed by atoms with Crippen LogP contribution in [-0.2, 0) is 0 Å². The Kier molecular flexibility index (Phi) is 13.4. The molecule has 386 valence electrons. The van der Waals surface area contributed by atoms with Gasteiger partial charge in [-0.25, -0.2) is 0 Å². The van der Waals surface area contributed by atoms with E-state index in [1.807, 2.05) is 24.3 Å². The number of anilines is 2. The number of piperazine rings is 1. The maximum Gasteiger partial charge on any atom is 0.261 e. The summed E-state index contributed by atoms with van der Waals surface area (Å²) in [6.07, 6.45) is 9.04. The van der Waals surface area contributed by atoms with Gasteiger partial charge < -0.3 is 21.7 Å². The number of hydrogen-bond donors (Lipinski definition) is 3. The number of unbranched alkanes of at least 4 members (excludes halogenated alkanes) is 6. The van der Waals surface area contributed by atoms with Crippen molar-refractivity contribution in [2.75, 3.05) is 75.7 Å². The molecule has 11 heteroatoms. The van der Waals surface area contributed by atoms with Gasteiger partial charge in [0.15, 0.2) is 0 Å². The topological polar surface area (TPSA) is 145 Å². The number of hydrogen-bond acceptors (Lipinski definition) is 9. The normalized spacial score (nSPS) is 15.1. The lowest BCUT2D eigenvalue weighted by molar-refractivity contribution is 0.0592. The smallest absolute Gasteiger partial charge is 0.261 e. The molecule has 0 aliphatic carbocycles. The van der Waals surface area contributed by atoms with E-state index in [0.717, 1.165) is 163 Å². The molecule has 3 aliphatic heterocycles. The van der Waals surface area contributed by atoms with Gasteiger partial charge in [0.25, 0.3) is 23.6 Å². The number of nitrogens with one attached hydrogen (secondary N) is 1. The Morgan fingerprint density at radius 2 is 0.829 bits per heavy atom. The summed E-state index contributed by atoms with van der Waals surface area (Å²) in [5, 5.41) is 21.3. The van der Waals surface area contributed by atoms with Crippen molar-refractivity contribution < 1.29 is 19.2 Å². The number of benzene rings is 10. The van der Waals surface area contributed by atoms with Gasteiger partial charge in [-0.05, 0) is 133 Å². The van der Waals surface area contributed by atoms with Crippen molar-refractivity contribution in [1.29, 1.82) is 0 Å². The number of carbonyl (C=O) groups is 4. The molecule has 1 saturated heterocycles. The van der Waals surface area contributed by atoms with Gasteiger partial charge in [-0.15, -0.1) is 0 Å². The summed E-state index contributed by atoms with van der Waals surface area (Å²) in [5.74, 6) is -0.674. The molecule has 0 atom stereocenters. The van der Waals surface area contributed by atoms with Crippen LogP contribution in [0.1, 0.15) is 113 Å². The van der Waals surface area contributed by atoms with E-state index in [-0.39, 0.29) is 23.6 Å². The molecule has 1 fully saturated rings. The minimum Gasteiger partial charge on any atom is -0.385 e. The summed E-state index contributed by atoms with van der Waals surface area (Å²) < 4.78 is 0. The van der Waals surface area contributed by atoms with Crippen LogP contribution in [0.4, 0.5) is 11.4 Å². The molecule has 0 saturated carbocycles. The lowest BCUT2D eigenvalue weighted by atomic mass is 9.84. The lowest BCUT2D eigenvalue weighted by Crippen LogP contribution is -2.47. The Morgan fingerprint density at radius 1 is 0.395 bits per heavy atom. The zero-order valence-electron chi connectivity index (χ0n) is 43.9. The second-order valence-corrected chi connectivity index (χ2v) is 21.2. The fourth-order valence-corrected chi connectivity index (χ4v) is 13.0. The fourth-order valence-electron chi connectivity index (χ4n) is 13.0. The third-order valence-electron chi connectivity index (χ3n) is 16.8. The molecule has 0 radical (unpaired) electrons. The average molecular weight is 1010 g/mol. The van der Waals surface area contributed by atoms with Gasteiger partial charge >= 0.3 is 0 Å². The maximum atomic E-state index is 13.5. The summed E-state index contributed by atoms with van der Waals surface area (Å²) in [4.78, 5) is 61.9. The molecule has 13 rings (SSSR count). The Bertz CT molecular complexity index is 3770. The van der Waals surface area contributed by atoms with E-state index >= 15 is 0 Å². The molecule has 3 heterocycles. The molecule has 76 heavy (non-hydrogen) atoms. The minimum atomic E-state index is -0.171. The Hall–Kier alpha value is -7.44. The van der Waals surface area contributed by atoms with Crippen molar-refractivity contribution in [1.82, 2.24) is 14.7 Å². The van der Waals surface area contributed by atoms with E-state index in [9.17, 15) is 19.2 Å². The first kappa shape index (κ1) is 49.4. The van der Waals surface area contributed by atoms with Gasteiger partial charge in [-0.3, -0.25) is 33.9 Å². The molecule has 11 nitrogen and oxygen atoms in total. The largest absolute Gasteiger partial charge is 0.385 e. The molecule has 4 amide bonds. The number of imide groups is 2. The second kappa shape index (κ2) is 20.6. The van der Waals surface area contributed by atoms with E-state index < -0.39 is 0 Å². The molecule has 0 aromatic heterocycles. The predicted octanol–water partition coefficient (Wildman–Crippen LogP) is 12.7. The minimum absolute atomic E-state index is 0.166. The van der Waals surface area contributed by atoms with E-state index in [1.165, 1.54) is 47.8 Å². The number of rotatable bonds is 17. The summed E-state index contributed by atoms with van der Waals surface area (Å²) in [6.45, 7) is 12.5. The Balaban J connectivity index is 0.000000153. The third kappa shape index (κ3) is 8.05. The highest BCUT2D eigenvalue weighted by Crippen LogP contribution is 2.47. The predicted molar refractivity (Wildman–Crippen MR) is 314 cm³/mol. The SMILES string of the molecule is CCCCCN1C(=O)c2ccc3c4cccc5c(N6CCN(CCN)CC6)ccc(c6ccc(c2c36)C1=O)c54.CCCCCN1C(=O)c2ccc3c4cccc5c(NCCCCCN)ccc(c6ccc(c2c36)C1=O)c54. The van der Waals surface area contributed by atoms with Crippen LogP contribution in [0.15, 0.2) is 109 Å². The molecule has 5 N–H and O–H groups in total. The summed E-state index contributed by atoms with van der Waals surface area (Å²) >= 11 is 0. The van der Waals surface area contributed by atoms with Crippen molar-refractivity contribution in [2.24, 2.45) is 11.5 Å². The lowest BCUT2D eigenvalue weighted by Gasteiger charge is -2.36. The van der Waals surface area contributed by atoms with Gasteiger partial charge in [0.2, 0.25) is 0 Å². The summed E-state index contributed by atoms with van der Waals surface area (Å²) in [5.41, 5.74) is 16.4. The first-order valence-electron chi connectivity index (χ1n) is 27.9. The molecule has 0 bridgehead atoms. The van der Waals surface area contributed by atoms with Crippen LogP contribution in [-0.4, -0.2) is 104 Å². The molecular formula is C65H67N7O4. The third-order valence-corrected chi connectivity index (χ3v) is 16.8. The van der Waals surface area contributed by atoms with E-state index in [0.29, 0.717) is 41.9 Å². The van der Waals surface area contributed by atoms with Crippen molar-refractivity contribution >= 4 is 121 Å². The second-order valence-electron chi connectivity index (χ2n) is 21.2.